The van der Waals surface area contributed by atoms with Gasteiger partial charge in [-0.1, -0.05) is 0 Å². The summed E-state index contributed by atoms with van der Waals surface area (Å²) in [5, 5.41) is 3.23. The second-order valence-electron chi connectivity index (χ2n) is 6.73. The molecule has 2 heterocycles. The predicted octanol–water partition coefficient (Wildman–Crippen LogP) is 2.45. The Morgan fingerprint density at radius 3 is 2.26 bits per heavy atom. The summed E-state index contributed by atoms with van der Waals surface area (Å²) >= 11 is 0. The van der Waals surface area contributed by atoms with Crippen molar-refractivity contribution in [2.24, 2.45) is 0 Å². The molecule has 0 unspecified atom stereocenters. The van der Waals surface area contributed by atoms with E-state index in [1.807, 2.05) is 17.0 Å². The molecule has 1 amide bonds. The summed E-state index contributed by atoms with van der Waals surface area (Å²) in [7, 11) is 2.07. The summed E-state index contributed by atoms with van der Waals surface area (Å²) in [5.41, 5.74) is 2.53. The highest BCUT2D eigenvalue weighted by molar-refractivity contribution is 5.92. The summed E-state index contributed by atoms with van der Waals surface area (Å²) in [4.78, 5) is 27.5. The molecule has 0 spiro atoms. The fraction of sp³-hybridized carbons (Fsp3) is 0.450. The number of nitrogens with zero attached hydrogens (tertiary/aromatic N) is 5. The Hall–Kier alpha value is -2.67. The fourth-order valence-corrected chi connectivity index (χ4v) is 3.17. The Kier molecular flexibility index (Phi) is 6.24. The third-order valence-corrected chi connectivity index (χ3v) is 4.93. The van der Waals surface area contributed by atoms with Gasteiger partial charge in [-0.3, -0.25) is 4.79 Å². The van der Waals surface area contributed by atoms with Gasteiger partial charge in [0.1, 0.15) is 11.5 Å². The molecule has 0 aliphatic carbocycles. The molecule has 3 rings (SSSR count). The lowest BCUT2D eigenvalue weighted by Crippen LogP contribution is -2.47. The Morgan fingerprint density at radius 1 is 1.04 bits per heavy atom. The molecule has 1 fully saturated rings. The summed E-state index contributed by atoms with van der Waals surface area (Å²) in [6, 6.07) is 8.24. The highest BCUT2D eigenvalue weighted by Crippen LogP contribution is 2.20. The number of hydrogen-bond donors (Lipinski definition) is 1. The fourth-order valence-electron chi connectivity index (χ4n) is 3.17. The van der Waals surface area contributed by atoms with Gasteiger partial charge < -0.3 is 20.0 Å². The molecule has 1 saturated heterocycles. The van der Waals surface area contributed by atoms with Crippen LogP contribution in [0.5, 0.6) is 0 Å². The third kappa shape index (κ3) is 4.74. The molecule has 1 aliphatic rings. The number of anilines is 3. The number of carbonyl (C=O) groups excluding carboxylic acids is 1. The molecule has 0 bridgehead atoms. The van der Waals surface area contributed by atoms with Gasteiger partial charge in [-0.05, 0) is 45.2 Å². The zero-order chi connectivity index (χ0) is 19.2. The molecular weight excluding hydrogens is 340 g/mol. The van der Waals surface area contributed by atoms with Crippen molar-refractivity contribution in [2.75, 3.05) is 56.5 Å². The molecular formula is C20H28N6O. The van der Waals surface area contributed by atoms with E-state index in [1.54, 1.807) is 12.4 Å². The van der Waals surface area contributed by atoms with Gasteiger partial charge in [0.2, 0.25) is 0 Å². The van der Waals surface area contributed by atoms with Crippen LogP contribution >= 0.6 is 0 Å². The van der Waals surface area contributed by atoms with Crippen molar-refractivity contribution in [3.05, 3.63) is 42.4 Å². The number of hydrogen-bond acceptors (Lipinski definition) is 6. The van der Waals surface area contributed by atoms with Crippen molar-refractivity contribution in [1.29, 1.82) is 0 Å². The number of nitrogens with one attached hydrogen (secondary N) is 1. The van der Waals surface area contributed by atoms with Crippen LogP contribution in [0.15, 0.2) is 36.7 Å². The summed E-state index contributed by atoms with van der Waals surface area (Å²) < 4.78 is 0. The Bertz CT molecular complexity index is 734. The number of rotatable bonds is 6. The first-order chi connectivity index (χ1) is 13.1. The molecule has 1 aromatic carbocycles. The second kappa shape index (κ2) is 8.81. The lowest BCUT2D eigenvalue weighted by molar-refractivity contribution is 0.0658. The van der Waals surface area contributed by atoms with E-state index >= 15 is 0 Å². The topological polar surface area (TPSA) is 64.6 Å². The molecule has 0 saturated carbocycles. The molecule has 7 nitrogen and oxygen atoms in total. The van der Waals surface area contributed by atoms with Gasteiger partial charge >= 0.3 is 0 Å². The van der Waals surface area contributed by atoms with Crippen molar-refractivity contribution in [2.45, 2.75) is 13.8 Å². The number of benzene rings is 1. The van der Waals surface area contributed by atoms with Crippen LogP contribution in [0.25, 0.3) is 0 Å². The first-order valence-corrected chi connectivity index (χ1v) is 9.52. The summed E-state index contributed by atoms with van der Waals surface area (Å²) in [6.07, 6.45) is 3.16. The van der Waals surface area contributed by atoms with E-state index in [2.05, 4.69) is 58.1 Å². The zero-order valence-electron chi connectivity index (χ0n) is 16.4. The smallest absolute Gasteiger partial charge is 0.274 e. The largest absolute Gasteiger partial charge is 0.372 e. The average molecular weight is 368 g/mol. The second-order valence-corrected chi connectivity index (χ2v) is 6.73. The molecule has 1 aromatic heterocycles. The maximum atomic E-state index is 12.5. The Balaban J connectivity index is 1.61. The van der Waals surface area contributed by atoms with Gasteiger partial charge in [-0.2, -0.15) is 0 Å². The highest BCUT2D eigenvalue weighted by atomic mass is 16.2. The lowest BCUT2D eigenvalue weighted by atomic mass is 10.2. The van der Waals surface area contributed by atoms with Gasteiger partial charge in [0.05, 0.1) is 12.4 Å². The first kappa shape index (κ1) is 19.1. The van der Waals surface area contributed by atoms with Crippen LogP contribution in [-0.2, 0) is 0 Å². The normalized spacial score (nSPS) is 14.9. The Labute approximate surface area is 161 Å². The predicted molar refractivity (Wildman–Crippen MR) is 109 cm³/mol. The minimum absolute atomic E-state index is 0.0503. The molecule has 0 radical (unpaired) electrons. The molecule has 7 heteroatoms. The molecule has 1 N–H and O–H groups in total. The van der Waals surface area contributed by atoms with Crippen molar-refractivity contribution in [3.8, 4) is 0 Å². The van der Waals surface area contributed by atoms with E-state index in [4.69, 9.17) is 0 Å². The quantitative estimate of drug-likeness (QED) is 0.845. The van der Waals surface area contributed by atoms with Crippen LogP contribution in [0, 0.1) is 0 Å². The van der Waals surface area contributed by atoms with Crippen LogP contribution in [0.3, 0.4) is 0 Å². The van der Waals surface area contributed by atoms with Gasteiger partial charge in [0, 0.05) is 50.6 Å². The third-order valence-electron chi connectivity index (χ3n) is 4.93. The SMILES string of the molecule is CCN(CC)c1ccc(Nc2cnc(C(=O)N3CCN(C)CC3)cn2)cc1. The number of amides is 1. The van der Waals surface area contributed by atoms with Crippen LogP contribution in [0.2, 0.25) is 0 Å². The number of piperazine rings is 1. The van der Waals surface area contributed by atoms with E-state index in [1.165, 1.54) is 5.69 Å². The highest BCUT2D eigenvalue weighted by Gasteiger charge is 2.21. The molecule has 1 aliphatic heterocycles. The minimum atomic E-state index is -0.0503. The van der Waals surface area contributed by atoms with Crippen LogP contribution in [0.4, 0.5) is 17.2 Å². The lowest BCUT2D eigenvalue weighted by Gasteiger charge is -2.32. The van der Waals surface area contributed by atoms with Crippen molar-refractivity contribution in [1.82, 2.24) is 19.8 Å². The summed E-state index contributed by atoms with van der Waals surface area (Å²) in [6.45, 7) is 9.51. The van der Waals surface area contributed by atoms with Gasteiger partial charge in [0.25, 0.3) is 5.91 Å². The maximum absolute atomic E-state index is 12.5. The van der Waals surface area contributed by atoms with Crippen LogP contribution in [0.1, 0.15) is 24.3 Å². The van der Waals surface area contributed by atoms with Gasteiger partial charge in [-0.25, -0.2) is 9.97 Å². The average Bonchev–Trinajstić information content (AvgIpc) is 2.71. The standard InChI is InChI=1S/C20H28N6O/c1-4-25(5-2)17-8-6-16(7-9-17)23-19-15-21-18(14-22-19)20(27)26-12-10-24(3)11-13-26/h6-9,14-15H,4-5,10-13H2,1-3H3,(H,22,23). The molecule has 2 aromatic rings. The number of carbonyl (C=O) groups is 1. The van der Waals surface area contributed by atoms with Crippen LogP contribution in [-0.4, -0.2) is 72.0 Å². The minimum Gasteiger partial charge on any atom is -0.372 e. The maximum Gasteiger partial charge on any atom is 0.274 e. The first-order valence-electron chi connectivity index (χ1n) is 9.52. The van der Waals surface area contributed by atoms with E-state index in [0.717, 1.165) is 45.0 Å². The van der Waals surface area contributed by atoms with Gasteiger partial charge in [-0.15, -0.1) is 0 Å². The molecule has 0 atom stereocenters. The van der Waals surface area contributed by atoms with E-state index in [-0.39, 0.29) is 5.91 Å². The van der Waals surface area contributed by atoms with Crippen LogP contribution < -0.4 is 10.2 Å². The van der Waals surface area contributed by atoms with E-state index in [0.29, 0.717) is 11.5 Å². The molecule has 27 heavy (non-hydrogen) atoms. The number of aromatic nitrogens is 2. The monoisotopic (exact) mass is 368 g/mol. The zero-order valence-corrected chi connectivity index (χ0v) is 16.4. The van der Waals surface area contributed by atoms with Crippen molar-refractivity contribution >= 4 is 23.1 Å². The Morgan fingerprint density at radius 2 is 1.70 bits per heavy atom. The van der Waals surface area contributed by atoms with E-state index < -0.39 is 0 Å². The van der Waals surface area contributed by atoms with Crippen molar-refractivity contribution in [3.63, 3.8) is 0 Å². The molecule has 144 valence electrons. The number of likely N-dealkylation sites (N-methyl/N-ethyl adjacent to an activating group) is 1. The van der Waals surface area contributed by atoms with Gasteiger partial charge in [0.15, 0.2) is 0 Å². The van der Waals surface area contributed by atoms with E-state index in [9.17, 15) is 4.79 Å². The van der Waals surface area contributed by atoms with Crippen molar-refractivity contribution < 1.29 is 4.79 Å². The summed E-state index contributed by atoms with van der Waals surface area (Å²) in [5.74, 6) is 0.575.